The molecule has 8 heteroatoms. The summed E-state index contributed by atoms with van der Waals surface area (Å²) in [5.74, 6) is 0.375. The number of fused-ring (bicyclic) bond motifs is 1. The number of ether oxygens (including phenoxy) is 1. The van der Waals surface area contributed by atoms with E-state index in [1.54, 1.807) is 4.90 Å². The van der Waals surface area contributed by atoms with Crippen LogP contribution in [-0.4, -0.2) is 48.3 Å². The maximum Gasteiger partial charge on any atom is 0.407 e. The molecule has 3 atom stereocenters. The Morgan fingerprint density at radius 2 is 1.69 bits per heavy atom. The van der Waals surface area contributed by atoms with E-state index in [4.69, 9.17) is 15.5 Å². The maximum absolute atomic E-state index is 13.7. The van der Waals surface area contributed by atoms with Gasteiger partial charge in [-0.2, -0.15) is 0 Å². The van der Waals surface area contributed by atoms with Crippen molar-refractivity contribution < 1.29 is 19.1 Å². The molecule has 1 aliphatic rings. The van der Waals surface area contributed by atoms with E-state index < -0.39 is 17.7 Å². The molecule has 0 fully saturated rings. The fraction of sp³-hybridized carbons (Fsp3) is 0.412. The number of hydrogen-bond donors (Lipinski definition) is 2. The molecule has 0 aromatic heterocycles. The number of nitrogens with one attached hydrogen (secondary N) is 1. The number of rotatable bonds is 13. The molecule has 0 unspecified atom stereocenters. The molecule has 0 radical (unpaired) electrons. The second-order valence-electron chi connectivity index (χ2n) is 11.7. The lowest BCUT2D eigenvalue weighted by atomic mass is 9.82. The van der Waals surface area contributed by atoms with E-state index in [0.29, 0.717) is 32.2 Å². The summed E-state index contributed by atoms with van der Waals surface area (Å²) in [6.07, 6.45) is 1.98. The standard InChI is InChI=1S/C34H42N4O4/c1-23(2)22-34(27-16-6-5-7-17-27)31(40)38(32(35)37-34)19-11-12-24(3)20-30(39)29(36-33(41)42-4)21-26-15-10-14-25-13-8-9-18-28(25)26/h5-10,13-18,23-24,29H,11-12,19-22H2,1-4H3,(H2,35,37)(H,36,41)/t24-,29-,34+/m0/s1. The lowest BCUT2D eigenvalue weighted by Gasteiger charge is -2.28. The monoisotopic (exact) mass is 570 g/mol. The minimum Gasteiger partial charge on any atom is -0.453 e. The van der Waals surface area contributed by atoms with Gasteiger partial charge in [-0.1, -0.05) is 93.6 Å². The highest BCUT2D eigenvalue weighted by Gasteiger charge is 2.49. The number of nitrogens with zero attached hydrogens (tertiary/aromatic N) is 2. The summed E-state index contributed by atoms with van der Waals surface area (Å²) in [5.41, 5.74) is 7.15. The van der Waals surface area contributed by atoms with Crippen LogP contribution >= 0.6 is 0 Å². The van der Waals surface area contributed by atoms with E-state index in [1.165, 1.54) is 7.11 Å². The van der Waals surface area contributed by atoms with Gasteiger partial charge in [0.05, 0.1) is 13.2 Å². The predicted octanol–water partition coefficient (Wildman–Crippen LogP) is 5.58. The van der Waals surface area contributed by atoms with E-state index in [2.05, 4.69) is 19.2 Å². The van der Waals surface area contributed by atoms with Gasteiger partial charge in [-0.3, -0.25) is 14.5 Å². The van der Waals surface area contributed by atoms with E-state index in [-0.39, 0.29) is 35.9 Å². The first-order chi connectivity index (χ1) is 20.1. The van der Waals surface area contributed by atoms with Gasteiger partial charge in [0.25, 0.3) is 5.91 Å². The fourth-order valence-electron chi connectivity index (χ4n) is 5.91. The Balaban J connectivity index is 1.38. The highest BCUT2D eigenvalue weighted by molar-refractivity contribution is 6.07. The van der Waals surface area contributed by atoms with Crippen molar-refractivity contribution in [1.82, 2.24) is 10.2 Å². The number of Topliss-reactive ketones (excluding diaryl/α,β-unsaturated/α-hetero) is 1. The number of carbonyl (C=O) groups excluding carboxylic acids is 3. The molecule has 1 aliphatic heterocycles. The first kappa shape index (κ1) is 30.8. The Morgan fingerprint density at radius 1 is 1.00 bits per heavy atom. The van der Waals surface area contributed by atoms with Gasteiger partial charge < -0.3 is 15.8 Å². The van der Waals surface area contributed by atoms with Crippen molar-refractivity contribution >= 4 is 34.5 Å². The number of hydrogen-bond acceptors (Lipinski definition) is 6. The van der Waals surface area contributed by atoms with Gasteiger partial charge in [0.15, 0.2) is 17.3 Å². The average molecular weight is 571 g/mol. The van der Waals surface area contributed by atoms with Crippen molar-refractivity contribution in [2.24, 2.45) is 22.6 Å². The SMILES string of the molecule is COC(=O)N[C@@H](Cc1cccc2ccccc12)C(=O)C[C@@H](C)CCCN1C(=O)[C@@](CC(C)C)(c2ccccc2)N=C1N. The zero-order valence-corrected chi connectivity index (χ0v) is 25.0. The van der Waals surface area contributed by atoms with Gasteiger partial charge >= 0.3 is 6.09 Å². The molecule has 3 aromatic carbocycles. The Kier molecular flexibility index (Phi) is 9.99. The maximum atomic E-state index is 13.7. The number of methoxy groups -OCH3 is 1. The van der Waals surface area contributed by atoms with Crippen molar-refractivity contribution in [2.75, 3.05) is 13.7 Å². The van der Waals surface area contributed by atoms with Crippen LogP contribution in [0.15, 0.2) is 77.8 Å². The van der Waals surface area contributed by atoms with Gasteiger partial charge in [0.2, 0.25) is 0 Å². The van der Waals surface area contributed by atoms with Crippen molar-refractivity contribution in [3.8, 4) is 0 Å². The Morgan fingerprint density at radius 3 is 2.40 bits per heavy atom. The van der Waals surface area contributed by atoms with Crippen molar-refractivity contribution in [1.29, 1.82) is 0 Å². The Hall–Kier alpha value is -4.20. The van der Waals surface area contributed by atoms with Crippen molar-refractivity contribution in [3.05, 3.63) is 83.9 Å². The smallest absolute Gasteiger partial charge is 0.407 e. The molecule has 0 saturated carbocycles. The molecular formula is C34H42N4O4. The summed E-state index contributed by atoms with van der Waals surface area (Å²) in [6.45, 7) is 6.60. The molecule has 0 spiro atoms. The molecule has 0 saturated heterocycles. The summed E-state index contributed by atoms with van der Waals surface area (Å²) >= 11 is 0. The quantitative estimate of drug-likeness (QED) is 0.278. The summed E-state index contributed by atoms with van der Waals surface area (Å²) < 4.78 is 4.81. The number of nitrogens with two attached hydrogens (primary N) is 1. The normalized spacial score (nSPS) is 18.2. The van der Waals surface area contributed by atoms with Crippen LogP contribution in [0.5, 0.6) is 0 Å². The number of alkyl carbamates (subject to hydrolysis) is 1. The first-order valence-corrected chi connectivity index (χ1v) is 14.7. The van der Waals surface area contributed by atoms with Crippen molar-refractivity contribution in [2.45, 2.75) is 64.5 Å². The van der Waals surface area contributed by atoms with Gasteiger partial charge in [0, 0.05) is 19.4 Å². The van der Waals surface area contributed by atoms with Crippen molar-refractivity contribution in [3.63, 3.8) is 0 Å². The zero-order chi connectivity index (χ0) is 30.3. The third-order valence-electron chi connectivity index (χ3n) is 7.93. The summed E-state index contributed by atoms with van der Waals surface area (Å²) in [7, 11) is 1.29. The lowest BCUT2D eigenvalue weighted by molar-refractivity contribution is -0.132. The van der Waals surface area contributed by atoms with Crippen LogP contribution in [-0.2, 0) is 26.3 Å². The van der Waals surface area contributed by atoms with Crippen LogP contribution in [0.25, 0.3) is 10.8 Å². The van der Waals surface area contributed by atoms with E-state index in [1.807, 2.05) is 79.7 Å². The minimum atomic E-state index is -1.00. The first-order valence-electron chi connectivity index (χ1n) is 14.7. The highest BCUT2D eigenvalue weighted by Crippen LogP contribution is 2.38. The molecule has 2 amide bonds. The molecule has 8 nitrogen and oxygen atoms in total. The number of ketones is 1. The molecule has 3 N–H and O–H groups in total. The van der Waals surface area contributed by atoms with E-state index in [9.17, 15) is 14.4 Å². The molecular weight excluding hydrogens is 528 g/mol. The van der Waals surface area contributed by atoms with Crippen LogP contribution in [0, 0.1) is 11.8 Å². The van der Waals surface area contributed by atoms with Crippen LogP contribution in [0.4, 0.5) is 4.79 Å². The second kappa shape index (κ2) is 13.6. The second-order valence-corrected chi connectivity index (χ2v) is 11.7. The average Bonchev–Trinajstić information content (AvgIpc) is 3.21. The summed E-state index contributed by atoms with van der Waals surface area (Å²) in [5, 5.41) is 4.87. The lowest BCUT2D eigenvalue weighted by Crippen LogP contribution is -2.44. The fourth-order valence-corrected chi connectivity index (χ4v) is 5.91. The third-order valence-corrected chi connectivity index (χ3v) is 7.93. The number of aliphatic imine (C=N–C) groups is 1. The topological polar surface area (TPSA) is 114 Å². The summed E-state index contributed by atoms with van der Waals surface area (Å²) in [4.78, 5) is 45.6. The van der Waals surface area contributed by atoms with Crippen LogP contribution < -0.4 is 11.1 Å². The van der Waals surface area contributed by atoms with E-state index in [0.717, 1.165) is 21.9 Å². The van der Waals surface area contributed by atoms with Gasteiger partial charge in [-0.15, -0.1) is 0 Å². The van der Waals surface area contributed by atoms with Crippen LogP contribution in [0.1, 0.15) is 57.6 Å². The van der Waals surface area contributed by atoms with Crippen LogP contribution in [0.3, 0.4) is 0 Å². The largest absolute Gasteiger partial charge is 0.453 e. The number of guanidine groups is 1. The molecule has 1 heterocycles. The molecule has 3 aromatic rings. The van der Waals surface area contributed by atoms with E-state index >= 15 is 0 Å². The molecule has 4 rings (SSSR count). The Bertz CT molecular complexity index is 1430. The summed E-state index contributed by atoms with van der Waals surface area (Å²) in [6, 6.07) is 22.9. The van der Waals surface area contributed by atoms with Gasteiger partial charge in [0.1, 0.15) is 0 Å². The number of amides is 2. The zero-order valence-electron chi connectivity index (χ0n) is 25.0. The minimum absolute atomic E-state index is 0.0392. The third kappa shape index (κ3) is 6.98. The number of carbonyl (C=O) groups is 3. The molecule has 0 bridgehead atoms. The molecule has 42 heavy (non-hydrogen) atoms. The Labute approximate surface area is 248 Å². The number of benzene rings is 3. The van der Waals surface area contributed by atoms with Gasteiger partial charge in [-0.25, -0.2) is 9.79 Å². The molecule has 222 valence electrons. The highest BCUT2D eigenvalue weighted by atomic mass is 16.5. The molecule has 0 aliphatic carbocycles. The van der Waals surface area contributed by atoms with Gasteiger partial charge in [-0.05, 0) is 53.0 Å². The predicted molar refractivity (Wildman–Crippen MR) is 166 cm³/mol. The van der Waals surface area contributed by atoms with Crippen LogP contribution in [0.2, 0.25) is 0 Å².